The lowest BCUT2D eigenvalue weighted by Crippen LogP contribution is -2.48. The van der Waals surface area contributed by atoms with Crippen LogP contribution in [0, 0.1) is 5.92 Å². The Morgan fingerprint density at radius 3 is 2.74 bits per heavy atom. The minimum absolute atomic E-state index is 0.0122. The Hall–Kier alpha value is -1.84. The molecular weight excluding hydrogens is 288 g/mol. The minimum atomic E-state index is -0.293. The number of fused-ring (bicyclic) bond motifs is 1. The molecule has 0 spiro atoms. The summed E-state index contributed by atoms with van der Waals surface area (Å²) in [6, 6.07) is 8.16. The van der Waals surface area contributed by atoms with E-state index < -0.39 is 0 Å². The Morgan fingerprint density at radius 2 is 1.96 bits per heavy atom. The maximum Gasteiger partial charge on any atom is 0.243 e. The largest absolute Gasteiger partial charge is 0.347 e. The number of nitrogens with zero attached hydrogens (tertiary/aromatic N) is 1. The Kier molecular flexibility index (Phi) is 4.69. The molecule has 2 atom stereocenters. The highest BCUT2D eigenvalue weighted by Crippen LogP contribution is 2.30. The summed E-state index contributed by atoms with van der Waals surface area (Å²) in [7, 11) is 0. The van der Waals surface area contributed by atoms with E-state index in [9.17, 15) is 9.59 Å². The van der Waals surface area contributed by atoms with Crippen LogP contribution in [0.5, 0.6) is 0 Å². The number of rotatable bonds is 3. The van der Waals surface area contributed by atoms with E-state index in [2.05, 4.69) is 23.5 Å². The number of nitrogens with one attached hydrogen (secondary N) is 1. The van der Waals surface area contributed by atoms with Gasteiger partial charge in [0.05, 0.1) is 6.04 Å². The average molecular weight is 314 g/mol. The van der Waals surface area contributed by atoms with Gasteiger partial charge in [-0.1, -0.05) is 38.1 Å². The van der Waals surface area contributed by atoms with E-state index in [1.54, 1.807) is 4.90 Å². The Balaban J connectivity index is 1.71. The quantitative estimate of drug-likeness (QED) is 0.932. The van der Waals surface area contributed by atoms with Crippen LogP contribution in [0.3, 0.4) is 0 Å². The van der Waals surface area contributed by atoms with Gasteiger partial charge in [-0.25, -0.2) is 0 Å². The first-order valence-corrected chi connectivity index (χ1v) is 8.76. The summed E-state index contributed by atoms with van der Waals surface area (Å²) in [6.07, 6.45) is 4.86. The Bertz CT molecular complexity index is 597. The summed E-state index contributed by atoms with van der Waals surface area (Å²) < 4.78 is 0. The van der Waals surface area contributed by atoms with E-state index in [1.807, 2.05) is 19.9 Å². The van der Waals surface area contributed by atoms with Crippen molar-refractivity contribution in [1.29, 1.82) is 0 Å². The van der Waals surface area contributed by atoms with Crippen molar-refractivity contribution in [3.63, 3.8) is 0 Å². The molecule has 0 bridgehead atoms. The monoisotopic (exact) mass is 314 g/mol. The standard InChI is InChI=1S/C19H26N2O2/c1-13(2)19(23)21-12-6-11-17(21)18(22)20-16-10-5-8-14-7-3-4-9-15(14)16/h3-4,7,9,13,16-17H,5-6,8,10-12H2,1-2H3,(H,20,22)/t16-,17-/m0/s1. The van der Waals surface area contributed by atoms with Gasteiger partial charge in [-0.15, -0.1) is 0 Å². The molecule has 2 aliphatic rings. The van der Waals surface area contributed by atoms with Crippen molar-refractivity contribution < 1.29 is 9.59 Å². The number of likely N-dealkylation sites (tertiary alicyclic amines) is 1. The number of aryl methyl sites for hydroxylation is 1. The highest BCUT2D eigenvalue weighted by atomic mass is 16.2. The number of benzene rings is 1. The average Bonchev–Trinajstić information content (AvgIpc) is 3.04. The number of amides is 2. The van der Waals surface area contributed by atoms with Crippen LogP contribution in [0.2, 0.25) is 0 Å². The number of carbonyl (C=O) groups excluding carboxylic acids is 2. The van der Waals surface area contributed by atoms with E-state index in [4.69, 9.17) is 0 Å². The van der Waals surface area contributed by atoms with Gasteiger partial charge in [0.25, 0.3) is 0 Å². The molecule has 2 amide bonds. The van der Waals surface area contributed by atoms with Gasteiger partial charge in [-0.3, -0.25) is 9.59 Å². The fourth-order valence-electron chi connectivity index (χ4n) is 3.81. The molecule has 0 saturated carbocycles. The summed E-state index contributed by atoms with van der Waals surface area (Å²) in [5.41, 5.74) is 2.58. The fourth-order valence-corrected chi connectivity index (χ4v) is 3.81. The zero-order chi connectivity index (χ0) is 16.4. The molecule has 4 heteroatoms. The minimum Gasteiger partial charge on any atom is -0.347 e. The van der Waals surface area contributed by atoms with Crippen molar-refractivity contribution in [2.75, 3.05) is 6.54 Å². The molecule has 0 radical (unpaired) electrons. The number of hydrogen-bond donors (Lipinski definition) is 1. The second-order valence-corrected chi connectivity index (χ2v) is 7.00. The fraction of sp³-hybridized carbons (Fsp3) is 0.579. The summed E-state index contributed by atoms with van der Waals surface area (Å²) in [5.74, 6) is 0.0451. The van der Waals surface area contributed by atoms with Gasteiger partial charge in [0.15, 0.2) is 0 Å². The maximum atomic E-state index is 12.8. The molecule has 1 saturated heterocycles. The van der Waals surface area contributed by atoms with E-state index in [0.29, 0.717) is 6.54 Å². The predicted octanol–water partition coefficient (Wildman–Crippen LogP) is 2.83. The summed E-state index contributed by atoms with van der Waals surface area (Å²) in [6.45, 7) is 4.50. The summed E-state index contributed by atoms with van der Waals surface area (Å²) >= 11 is 0. The number of carbonyl (C=O) groups is 2. The van der Waals surface area contributed by atoms with Crippen LogP contribution in [0.1, 0.15) is 56.7 Å². The van der Waals surface area contributed by atoms with Crippen molar-refractivity contribution in [3.8, 4) is 0 Å². The molecule has 1 aromatic carbocycles. The third-order valence-corrected chi connectivity index (χ3v) is 5.02. The van der Waals surface area contributed by atoms with E-state index >= 15 is 0 Å². The van der Waals surface area contributed by atoms with Crippen LogP contribution >= 0.6 is 0 Å². The van der Waals surface area contributed by atoms with Gasteiger partial charge in [0.2, 0.25) is 11.8 Å². The third-order valence-electron chi connectivity index (χ3n) is 5.02. The smallest absolute Gasteiger partial charge is 0.243 e. The molecule has 1 fully saturated rings. The van der Waals surface area contributed by atoms with Gasteiger partial charge in [0.1, 0.15) is 6.04 Å². The van der Waals surface area contributed by atoms with Gasteiger partial charge in [-0.2, -0.15) is 0 Å². The Labute approximate surface area is 138 Å². The number of hydrogen-bond acceptors (Lipinski definition) is 2. The van der Waals surface area contributed by atoms with Crippen molar-refractivity contribution in [1.82, 2.24) is 10.2 Å². The molecule has 1 aliphatic carbocycles. The van der Waals surface area contributed by atoms with E-state index in [-0.39, 0.29) is 29.8 Å². The van der Waals surface area contributed by atoms with Gasteiger partial charge < -0.3 is 10.2 Å². The highest BCUT2D eigenvalue weighted by Gasteiger charge is 2.36. The van der Waals surface area contributed by atoms with Gasteiger partial charge in [-0.05, 0) is 43.2 Å². The van der Waals surface area contributed by atoms with Crippen LogP contribution < -0.4 is 5.32 Å². The van der Waals surface area contributed by atoms with Crippen LogP contribution in [-0.4, -0.2) is 29.3 Å². The molecule has 4 nitrogen and oxygen atoms in total. The molecule has 23 heavy (non-hydrogen) atoms. The highest BCUT2D eigenvalue weighted by molar-refractivity contribution is 5.89. The van der Waals surface area contributed by atoms with E-state index in [0.717, 1.165) is 32.1 Å². The lowest BCUT2D eigenvalue weighted by Gasteiger charge is -2.30. The molecule has 1 aromatic rings. The van der Waals surface area contributed by atoms with Crippen LogP contribution in [-0.2, 0) is 16.0 Å². The topological polar surface area (TPSA) is 49.4 Å². The summed E-state index contributed by atoms with van der Waals surface area (Å²) in [4.78, 5) is 26.8. The maximum absolute atomic E-state index is 12.8. The van der Waals surface area contributed by atoms with E-state index in [1.165, 1.54) is 11.1 Å². The third kappa shape index (κ3) is 3.26. The predicted molar refractivity (Wildman–Crippen MR) is 89.8 cm³/mol. The SMILES string of the molecule is CC(C)C(=O)N1CCC[C@H]1C(=O)N[C@H]1CCCc2ccccc21. The summed E-state index contributed by atoms with van der Waals surface area (Å²) in [5, 5.41) is 3.21. The van der Waals surface area contributed by atoms with Crippen LogP contribution in [0.4, 0.5) is 0 Å². The second-order valence-electron chi connectivity index (χ2n) is 7.00. The second kappa shape index (κ2) is 6.73. The van der Waals surface area contributed by atoms with Gasteiger partial charge in [0, 0.05) is 12.5 Å². The normalized spacial score (nSPS) is 23.7. The molecule has 0 unspecified atom stereocenters. The van der Waals surface area contributed by atoms with Crippen molar-refractivity contribution in [3.05, 3.63) is 35.4 Å². The molecule has 1 aliphatic heterocycles. The van der Waals surface area contributed by atoms with Crippen molar-refractivity contribution in [2.24, 2.45) is 5.92 Å². The lowest BCUT2D eigenvalue weighted by atomic mass is 9.87. The molecule has 3 rings (SSSR count). The molecule has 1 heterocycles. The lowest BCUT2D eigenvalue weighted by molar-refractivity contribution is -0.141. The Morgan fingerprint density at radius 1 is 1.17 bits per heavy atom. The molecule has 1 N–H and O–H groups in total. The van der Waals surface area contributed by atoms with Crippen LogP contribution in [0.15, 0.2) is 24.3 Å². The first kappa shape index (κ1) is 16.0. The molecular formula is C19H26N2O2. The molecule has 0 aromatic heterocycles. The van der Waals surface area contributed by atoms with Crippen molar-refractivity contribution in [2.45, 2.75) is 58.0 Å². The molecule has 124 valence electrons. The van der Waals surface area contributed by atoms with Gasteiger partial charge >= 0.3 is 0 Å². The first-order chi connectivity index (χ1) is 11.1. The zero-order valence-corrected chi connectivity index (χ0v) is 14.0. The zero-order valence-electron chi connectivity index (χ0n) is 14.0. The van der Waals surface area contributed by atoms with Crippen molar-refractivity contribution >= 4 is 11.8 Å². The first-order valence-electron chi connectivity index (χ1n) is 8.76. The van der Waals surface area contributed by atoms with Crippen LogP contribution in [0.25, 0.3) is 0 Å².